The lowest BCUT2D eigenvalue weighted by molar-refractivity contribution is -0.117. The smallest absolute Gasteiger partial charge is 0.238 e. The predicted octanol–water partition coefficient (Wildman–Crippen LogP) is 3.96. The van der Waals surface area contributed by atoms with Crippen LogP contribution in [0.1, 0.15) is 16.9 Å². The quantitative estimate of drug-likeness (QED) is 0.580. The molecule has 0 aliphatic carbocycles. The molecule has 0 unspecified atom stereocenters. The molecule has 0 bridgehead atoms. The lowest BCUT2D eigenvalue weighted by Crippen LogP contribution is -2.35. The molecule has 1 aromatic heterocycles. The van der Waals surface area contributed by atoms with Gasteiger partial charge >= 0.3 is 0 Å². The van der Waals surface area contributed by atoms with E-state index in [0.717, 1.165) is 23.4 Å². The second-order valence-corrected chi connectivity index (χ2v) is 6.65. The van der Waals surface area contributed by atoms with Crippen LogP contribution in [0.5, 0.6) is 0 Å². The molecule has 0 aliphatic heterocycles. The minimum absolute atomic E-state index is 0.0526. The first-order valence-corrected chi connectivity index (χ1v) is 9.40. The number of furan rings is 1. The molecule has 0 spiro atoms. The van der Waals surface area contributed by atoms with Gasteiger partial charge in [0, 0.05) is 19.3 Å². The van der Waals surface area contributed by atoms with Gasteiger partial charge in [-0.1, -0.05) is 48.5 Å². The minimum atomic E-state index is -0.0526. The Morgan fingerprint density at radius 2 is 1.82 bits per heavy atom. The van der Waals surface area contributed by atoms with Gasteiger partial charge in [0.05, 0.1) is 26.0 Å². The summed E-state index contributed by atoms with van der Waals surface area (Å²) in [5.74, 6) is 0.775. The van der Waals surface area contributed by atoms with Crippen LogP contribution in [0.25, 0.3) is 0 Å². The highest BCUT2D eigenvalue weighted by Crippen LogP contribution is 2.19. The van der Waals surface area contributed by atoms with Crippen LogP contribution in [0.4, 0.5) is 5.69 Å². The lowest BCUT2D eigenvalue weighted by Gasteiger charge is -2.21. The molecule has 1 heterocycles. The first-order chi connectivity index (χ1) is 13.7. The zero-order valence-corrected chi connectivity index (χ0v) is 16.1. The van der Waals surface area contributed by atoms with Gasteiger partial charge in [-0.3, -0.25) is 9.69 Å². The molecule has 0 saturated carbocycles. The van der Waals surface area contributed by atoms with Gasteiger partial charge in [-0.05, 0) is 35.7 Å². The number of amides is 1. The van der Waals surface area contributed by atoms with E-state index in [1.807, 2.05) is 59.5 Å². The maximum absolute atomic E-state index is 12.7. The summed E-state index contributed by atoms with van der Waals surface area (Å²) in [5, 5.41) is 3.07. The minimum Gasteiger partial charge on any atom is -0.468 e. The van der Waals surface area contributed by atoms with Crippen LogP contribution in [0.2, 0.25) is 0 Å². The summed E-state index contributed by atoms with van der Waals surface area (Å²) in [6.07, 6.45) is 2.42. The molecule has 5 heteroatoms. The van der Waals surface area contributed by atoms with E-state index in [4.69, 9.17) is 9.15 Å². The average Bonchev–Trinajstić information content (AvgIpc) is 3.21. The molecule has 0 radical (unpaired) electrons. The first kappa shape index (κ1) is 19.9. The van der Waals surface area contributed by atoms with Crippen molar-refractivity contribution < 1.29 is 13.9 Å². The second kappa shape index (κ2) is 10.4. The van der Waals surface area contributed by atoms with Crippen molar-refractivity contribution in [2.24, 2.45) is 0 Å². The third-order valence-electron chi connectivity index (χ3n) is 4.47. The molecule has 146 valence electrons. The fourth-order valence-corrected chi connectivity index (χ4v) is 3.06. The normalized spacial score (nSPS) is 10.9. The van der Waals surface area contributed by atoms with E-state index in [9.17, 15) is 4.79 Å². The first-order valence-electron chi connectivity index (χ1n) is 9.40. The molecule has 0 aliphatic rings. The van der Waals surface area contributed by atoms with Crippen LogP contribution in [-0.4, -0.2) is 37.6 Å². The number of nitrogens with zero attached hydrogens (tertiary/aromatic N) is 1. The van der Waals surface area contributed by atoms with Crippen molar-refractivity contribution in [1.82, 2.24) is 4.90 Å². The van der Waals surface area contributed by atoms with E-state index in [2.05, 4.69) is 17.4 Å². The van der Waals surface area contributed by atoms with Crippen molar-refractivity contribution in [1.29, 1.82) is 0 Å². The highest BCUT2D eigenvalue weighted by molar-refractivity contribution is 5.93. The summed E-state index contributed by atoms with van der Waals surface area (Å²) < 4.78 is 10.6. The van der Waals surface area contributed by atoms with Crippen LogP contribution in [-0.2, 0) is 22.5 Å². The van der Waals surface area contributed by atoms with Crippen molar-refractivity contribution in [3.8, 4) is 0 Å². The van der Waals surface area contributed by atoms with E-state index >= 15 is 0 Å². The van der Waals surface area contributed by atoms with Gasteiger partial charge in [0.15, 0.2) is 0 Å². The molecule has 1 amide bonds. The lowest BCUT2D eigenvalue weighted by atomic mass is 10.0. The van der Waals surface area contributed by atoms with Crippen LogP contribution in [0.15, 0.2) is 77.4 Å². The van der Waals surface area contributed by atoms with E-state index in [1.165, 1.54) is 5.56 Å². The Kier molecular flexibility index (Phi) is 7.41. The maximum atomic E-state index is 12.7. The molecular formula is C23H26N2O3. The van der Waals surface area contributed by atoms with Crippen molar-refractivity contribution in [2.75, 3.05) is 32.1 Å². The molecule has 3 rings (SSSR count). The zero-order valence-electron chi connectivity index (χ0n) is 16.1. The Morgan fingerprint density at radius 1 is 1.04 bits per heavy atom. The molecule has 0 fully saturated rings. The Balaban J connectivity index is 1.64. The highest BCUT2D eigenvalue weighted by atomic mass is 16.5. The standard InChI is InChI=1S/C23H26N2O3/c1-27-15-13-25(17-21-11-7-14-28-21)18-23(26)24-22-12-6-5-10-20(22)16-19-8-3-2-4-9-19/h2-12,14H,13,15-18H2,1H3,(H,24,26). The fourth-order valence-electron chi connectivity index (χ4n) is 3.06. The van der Waals surface area contributed by atoms with Gasteiger partial charge in [0.1, 0.15) is 5.76 Å². The number of rotatable bonds is 10. The maximum Gasteiger partial charge on any atom is 0.238 e. The molecule has 28 heavy (non-hydrogen) atoms. The van der Waals surface area contributed by atoms with Gasteiger partial charge in [-0.2, -0.15) is 0 Å². The Bertz CT molecular complexity index is 847. The number of hydrogen-bond acceptors (Lipinski definition) is 4. The number of hydrogen-bond donors (Lipinski definition) is 1. The molecule has 5 nitrogen and oxygen atoms in total. The summed E-state index contributed by atoms with van der Waals surface area (Å²) in [6.45, 7) is 2.04. The number of anilines is 1. The van der Waals surface area contributed by atoms with Crippen molar-refractivity contribution in [2.45, 2.75) is 13.0 Å². The highest BCUT2D eigenvalue weighted by Gasteiger charge is 2.14. The van der Waals surface area contributed by atoms with Gasteiger partial charge in [0.25, 0.3) is 0 Å². The Morgan fingerprint density at radius 3 is 2.57 bits per heavy atom. The van der Waals surface area contributed by atoms with Crippen LogP contribution in [0, 0.1) is 0 Å². The average molecular weight is 378 g/mol. The third kappa shape index (κ3) is 6.08. The summed E-state index contributed by atoms with van der Waals surface area (Å²) in [5.41, 5.74) is 3.15. The number of nitrogens with one attached hydrogen (secondary N) is 1. The zero-order chi connectivity index (χ0) is 19.6. The summed E-state index contributed by atoms with van der Waals surface area (Å²) in [4.78, 5) is 14.7. The monoisotopic (exact) mass is 378 g/mol. The van der Waals surface area contributed by atoms with Gasteiger partial charge in [-0.25, -0.2) is 0 Å². The van der Waals surface area contributed by atoms with Crippen LogP contribution < -0.4 is 5.32 Å². The Hall–Kier alpha value is -2.89. The SMILES string of the molecule is COCCN(CC(=O)Nc1ccccc1Cc1ccccc1)Cc1ccco1. The van der Waals surface area contributed by atoms with Crippen molar-refractivity contribution >= 4 is 11.6 Å². The number of methoxy groups -OCH3 is 1. The summed E-state index contributed by atoms with van der Waals surface area (Å²) >= 11 is 0. The van der Waals surface area contributed by atoms with Crippen LogP contribution in [0.3, 0.4) is 0 Å². The molecule has 0 atom stereocenters. The largest absolute Gasteiger partial charge is 0.468 e. The van der Waals surface area contributed by atoms with Gasteiger partial charge in [0.2, 0.25) is 5.91 Å². The van der Waals surface area contributed by atoms with Crippen LogP contribution >= 0.6 is 0 Å². The second-order valence-electron chi connectivity index (χ2n) is 6.65. The molecule has 2 aromatic carbocycles. The third-order valence-corrected chi connectivity index (χ3v) is 4.47. The molecule has 1 N–H and O–H groups in total. The van der Waals surface area contributed by atoms with E-state index in [0.29, 0.717) is 19.7 Å². The van der Waals surface area contributed by atoms with Crippen molar-refractivity contribution in [3.05, 3.63) is 89.9 Å². The van der Waals surface area contributed by atoms with Crippen molar-refractivity contribution in [3.63, 3.8) is 0 Å². The summed E-state index contributed by atoms with van der Waals surface area (Å²) in [7, 11) is 1.66. The number of carbonyl (C=O) groups is 1. The topological polar surface area (TPSA) is 54.7 Å². The number of benzene rings is 2. The predicted molar refractivity (Wildman–Crippen MR) is 110 cm³/mol. The number of para-hydroxylation sites is 1. The van der Waals surface area contributed by atoms with E-state index < -0.39 is 0 Å². The fraction of sp³-hybridized carbons (Fsp3) is 0.261. The molecule has 3 aromatic rings. The van der Waals surface area contributed by atoms with E-state index in [-0.39, 0.29) is 12.5 Å². The van der Waals surface area contributed by atoms with Gasteiger partial charge in [-0.15, -0.1) is 0 Å². The summed E-state index contributed by atoms with van der Waals surface area (Å²) in [6, 6.07) is 21.9. The Labute approximate surface area is 165 Å². The molecule has 0 saturated heterocycles. The molecular weight excluding hydrogens is 352 g/mol. The van der Waals surface area contributed by atoms with Gasteiger partial charge < -0.3 is 14.5 Å². The van der Waals surface area contributed by atoms with E-state index in [1.54, 1.807) is 13.4 Å². The number of ether oxygens (including phenoxy) is 1. The number of carbonyl (C=O) groups excluding carboxylic acids is 1.